The molecule has 0 aliphatic rings. The lowest BCUT2D eigenvalue weighted by molar-refractivity contribution is -0.142. The van der Waals surface area contributed by atoms with Crippen LogP contribution in [0.15, 0.2) is 17.2 Å². The van der Waals surface area contributed by atoms with E-state index in [0.717, 1.165) is 6.20 Å². The van der Waals surface area contributed by atoms with Crippen LogP contribution in [-0.2, 0) is 9.53 Å². The summed E-state index contributed by atoms with van der Waals surface area (Å²) >= 11 is 0. The summed E-state index contributed by atoms with van der Waals surface area (Å²) in [4.78, 5) is 39.1. The average Bonchev–Trinajstić information content (AvgIpc) is 2.28. The van der Waals surface area contributed by atoms with E-state index in [2.05, 4.69) is 20.0 Å². The SMILES string of the molecule is COC(=O)C(C)NC(=O)c1c[nH]c(=O)cn1. The number of hydrogen-bond acceptors (Lipinski definition) is 5. The Morgan fingerprint density at radius 1 is 1.56 bits per heavy atom. The molecule has 1 rings (SSSR count). The van der Waals surface area contributed by atoms with Gasteiger partial charge in [-0.3, -0.25) is 9.59 Å². The van der Waals surface area contributed by atoms with Crippen molar-refractivity contribution in [3.8, 4) is 0 Å². The zero-order valence-corrected chi connectivity index (χ0v) is 8.81. The summed E-state index contributed by atoms with van der Waals surface area (Å²) in [6.07, 6.45) is 2.15. The molecule has 1 aromatic heterocycles. The van der Waals surface area contributed by atoms with Crippen LogP contribution in [0.2, 0.25) is 0 Å². The molecule has 16 heavy (non-hydrogen) atoms. The van der Waals surface area contributed by atoms with Gasteiger partial charge in [0.15, 0.2) is 0 Å². The van der Waals surface area contributed by atoms with Gasteiger partial charge >= 0.3 is 5.97 Å². The fraction of sp³-hybridized carbons (Fsp3) is 0.333. The van der Waals surface area contributed by atoms with Gasteiger partial charge in [-0.15, -0.1) is 0 Å². The number of rotatable bonds is 3. The molecule has 1 aromatic rings. The first-order chi connectivity index (χ1) is 7.54. The Morgan fingerprint density at radius 3 is 2.75 bits per heavy atom. The molecule has 0 aliphatic carbocycles. The molecular formula is C9H11N3O4. The molecule has 2 N–H and O–H groups in total. The molecule has 0 saturated heterocycles. The summed E-state index contributed by atoms with van der Waals surface area (Å²) in [6, 6.07) is -0.772. The van der Waals surface area contributed by atoms with Gasteiger partial charge in [0.05, 0.1) is 13.3 Å². The number of hydrogen-bond donors (Lipinski definition) is 2. The molecule has 1 amide bonds. The van der Waals surface area contributed by atoms with Gasteiger partial charge in [-0.25, -0.2) is 9.78 Å². The standard InChI is InChI=1S/C9H11N3O4/c1-5(9(15)16-2)12-8(14)6-3-11-7(13)4-10-6/h3-5H,1-2H3,(H,11,13)(H,12,14). The van der Waals surface area contributed by atoms with Crippen LogP contribution in [0.3, 0.4) is 0 Å². The minimum absolute atomic E-state index is 0.0235. The topological polar surface area (TPSA) is 101 Å². The highest BCUT2D eigenvalue weighted by molar-refractivity contribution is 5.94. The monoisotopic (exact) mass is 225 g/mol. The lowest BCUT2D eigenvalue weighted by Crippen LogP contribution is -2.39. The summed E-state index contributed by atoms with van der Waals surface area (Å²) in [5, 5.41) is 2.37. The molecule has 1 heterocycles. The van der Waals surface area contributed by atoms with Gasteiger partial charge < -0.3 is 15.0 Å². The van der Waals surface area contributed by atoms with E-state index in [1.807, 2.05) is 0 Å². The van der Waals surface area contributed by atoms with Crippen LogP contribution in [-0.4, -0.2) is 35.0 Å². The van der Waals surface area contributed by atoms with E-state index in [9.17, 15) is 14.4 Å². The van der Waals surface area contributed by atoms with Crippen LogP contribution < -0.4 is 10.9 Å². The van der Waals surface area contributed by atoms with Gasteiger partial charge in [0.25, 0.3) is 11.5 Å². The first-order valence-electron chi connectivity index (χ1n) is 4.48. The number of nitrogens with one attached hydrogen (secondary N) is 2. The van der Waals surface area contributed by atoms with Gasteiger partial charge in [0.2, 0.25) is 0 Å². The van der Waals surface area contributed by atoms with Crippen LogP contribution in [0.1, 0.15) is 17.4 Å². The normalized spacial score (nSPS) is 11.6. The molecule has 7 heteroatoms. The zero-order chi connectivity index (χ0) is 12.1. The Balaban J connectivity index is 2.69. The average molecular weight is 225 g/mol. The molecule has 0 aromatic carbocycles. The lowest BCUT2D eigenvalue weighted by atomic mass is 10.3. The third-order valence-corrected chi connectivity index (χ3v) is 1.81. The third kappa shape index (κ3) is 2.91. The molecule has 0 spiro atoms. The number of H-pyrrole nitrogens is 1. The lowest BCUT2D eigenvalue weighted by Gasteiger charge is -2.10. The fourth-order valence-electron chi connectivity index (χ4n) is 0.973. The van der Waals surface area contributed by atoms with Crippen LogP contribution in [0.4, 0.5) is 0 Å². The van der Waals surface area contributed by atoms with E-state index in [4.69, 9.17) is 0 Å². The number of aromatic amines is 1. The van der Waals surface area contributed by atoms with Crippen LogP contribution in [0.5, 0.6) is 0 Å². The Bertz CT molecular complexity index is 434. The van der Waals surface area contributed by atoms with E-state index in [-0.39, 0.29) is 5.69 Å². The van der Waals surface area contributed by atoms with E-state index < -0.39 is 23.5 Å². The number of amides is 1. The van der Waals surface area contributed by atoms with Crippen molar-refractivity contribution >= 4 is 11.9 Å². The van der Waals surface area contributed by atoms with Gasteiger partial charge in [0, 0.05) is 6.20 Å². The first-order valence-corrected chi connectivity index (χ1v) is 4.48. The van der Waals surface area contributed by atoms with Crippen molar-refractivity contribution in [1.82, 2.24) is 15.3 Å². The van der Waals surface area contributed by atoms with E-state index in [1.54, 1.807) is 0 Å². The molecule has 1 unspecified atom stereocenters. The van der Waals surface area contributed by atoms with E-state index in [0.29, 0.717) is 0 Å². The smallest absolute Gasteiger partial charge is 0.328 e. The molecule has 0 fully saturated rings. The quantitative estimate of drug-likeness (QED) is 0.646. The predicted molar refractivity (Wildman–Crippen MR) is 53.8 cm³/mol. The van der Waals surface area contributed by atoms with Gasteiger partial charge in [0.1, 0.15) is 11.7 Å². The highest BCUT2D eigenvalue weighted by Gasteiger charge is 2.17. The molecule has 86 valence electrons. The zero-order valence-electron chi connectivity index (χ0n) is 8.81. The number of carbonyl (C=O) groups is 2. The molecule has 7 nitrogen and oxygen atoms in total. The van der Waals surface area contributed by atoms with Crippen molar-refractivity contribution in [3.05, 3.63) is 28.4 Å². The summed E-state index contributed by atoms with van der Waals surface area (Å²) in [5.74, 6) is -1.12. The molecule has 0 bridgehead atoms. The van der Waals surface area contributed by atoms with Crippen LogP contribution >= 0.6 is 0 Å². The highest BCUT2D eigenvalue weighted by Crippen LogP contribution is 1.92. The first kappa shape index (κ1) is 11.9. The van der Waals surface area contributed by atoms with Crippen molar-refractivity contribution in [3.63, 3.8) is 0 Å². The number of methoxy groups -OCH3 is 1. The van der Waals surface area contributed by atoms with Crippen molar-refractivity contribution in [2.24, 2.45) is 0 Å². The molecular weight excluding hydrogens is 214 g/mol. The number of carbonyl (C=O) groups excluding carboxylic acids is 2. The number of ether oxygens (including phenoxy) is 1. The summed E-state index contributed by atoms with van der Waals surface area (Å²) in [6.45, 7) is 1.48. The Hall–Kier alpha value is -2.18. The number of aromatic nitrogens is 2. The second-order valence-corrected chi connectivity index (χ2v) is 3.01. The second kappa shape index (κ2) is 5.06. The fourth-order valence-corrected chi connectivity index (χ4v) is 0.973. The third-order valence-electron chi connectivity index (χ3n) is 1.81. The van der Waals surface area contributed by atoms with Crippen LogP contribution in [0, 0.1) is 0 Å². The van der Waals surface area contributed by atoms with Gasteiger partial charge in [-0.05, 0) is 6.92 Å². The van der Waals surface area contributed by atoms with E-state index in [1.165, 1.54) is 20.2 Å². The van der Waals surface area contributed by atoms with Crippen molar-refractivity contribution in [2.45, 2.75) is 13.0 Å². The molecule has 0 aliphatic heterocycles. The number of esters is 1. The Labute approximate surface area is 90.8 Å². The second-order valence-electron chi connectivity index (χ2n) is 3.01. The van der Waals surface area contributed by atoms with Crippen molar-refractivity contribution < 1.29 is 14.3 Å². The van der Waals surface area contributed by atoms with Gasteiger partial charge in [-0.1, -0.05) is 0 Å². The Kier molecular flexibility index (Phi) is 3.76. The minimum atomic E-state index is -0.772. The largest absolute Gasteiger partial charge is 0.467 e. The van der Waals surface area contributed by atoms with Gasteiger partial charge in [-0.2, -0.15) is 0 Å². The summed E-state index contributed by atoms with van der Waals surface area (Å²) in [7, 11) is 1.23. The summed E-state index contributed by atoms with van der Waals surface area (Å²) < 4.78 is 4.44. The minimum Gasteiger partial charge on any atom is -0.467 e. The van der Waals surface area contributed by atoms with Crippen molar-refractivity contribution in [2.75, 3.05) is 7.11 Å². The highest BCUT2D eigenvalue weighted by atomic mass is 16.5. The number of nitrogens with zero attached hydrogens (tertiary/aromatic N) is 1. The maximum Gasteiger partial charge on any atom is 0.328 e. The van der Waals surface area contributed by atoms with Crippen molar-refractivity contribution in [1.29, 1.82) is 0 Å². The predicted octanol–water partition coefficient (Wildman–Crippen LogP) is -0.939. The Morgan fingerprint density at radius 2 is 2.25 bits per heavy atom. The maximum absolute atomic E-state index is 11.5. The summed E-state index contributed by atoms with van der Waals surface area (Å²) in [5.41, 5.74) is -0.382. The van der Waals surface area contributed by atoms with E-state index >= 15 is 0 Å². The molecule has 1 atom stereocenters. The maximum atomic E-state index is 11.5. The molecule has 0 radical (unpaired) electrons. The molecule has 0 saturated carbocycles. The van der Waals surface area contributed by atoms with Crippen LogP contribution in [0.25, 0.3) is 0 Å².